The van der Waals surface area contributed by atoms with Crippen LogP contribution < -0.4 is 76.6 Å². The van der Waals surface area contributed by atoms with Crippen molar-refractivity contribution in [2.45, 2.75) is 26.9 Å². The van der Waals surface area contributed by atoms with Crippen molar-refractivity contribution >= 4 is 11.9 Å². The number of hydrogen-bond donors (Lipinski definition) is 5. The number of carbonyl (C=O) groups excluding carboxylic acids is 1. The van der Waals surface area contributed by atoms with Crippen molar-refractivity contribution in [1.82, 2.24) is 10.6 Å². The third kappa shape index (κ3) is 19.6. The topological polar surface area (TPSA) is 179 Å². The van der Waals surface area contributed by atoms with Crippen molar-refractivity contribution in [3.63, 3.8) is 0 Å². The van der Waals surface area contributed by atoms with Crippen LogP contribution in [0.25, 0.3) is 0 Å². The number of phenols is 2. The van der Waals surface area contributed by atoms with Gasteiger partial charge in [-0.05, 0) is 19.1 Å². The maximum absolute atomic E-state index is 10.4. The quantitative estimate of drug-likeness (QED) is 0.195. The Balaban J connectivity index is 0. The molecule has 1 radical (unpaired) electrons. The number of aliphatic carboxylic acids is 2. The predicted octanol–water partition coefficient (Wildman–Crippen LogP) is -2.37. The summed E-state index contributed by atoms with van der Waals surface area (Å²) in [5.41, 5.74) is 1.54. The molecule has 2 aromatic carbocycles. The number of nitrogens with one attached hydrogen (secondary N) is 2. The maximum atomic E-state index is 10.4. The van der Waals surface area contributed by atoms with E-state index in [0.717, 1.165) is 25.0 Å². The van der Waals surface area contributed by atoms with Crippen LogP contribution in [0.4, 0.5) is 0 Å². The zero-order valence-electron chi connectivity index (χ0n) is 23.1. The van der Waals surface area contributed by atoms with Crippen LogP contribution in [0, 0.1) is 0 Å². The molecule has 0 saturated carbocycles. The summed E-state index contributed by atoms with van der Waals surface area (Å²) < 4.78 is 22.2. The second-order valence-electron chi connectivity index (χ2n) is 7.81. The molecule has 1 aliphatic rings. The molecular weight excluding hydrogens is 598 g/mol. The normalized spacial score (nSPS) is 14.4. The van der Waals surface area contributed by atoms with Crippen LogP contribution >= 0.6 is 0 Å². The minimum absolute atomic E-state index is 0. The molecule has 0 aromatic heterocycles. The molecule has 0 aliphatic carbocycles. The number of carbonyl (C=O) groups is 2. The molecule has 5 N–H and O–H groups in total. The molecule has 40 heavy (non-hydrogen) atoms. The summed E-state index contributed by atoms with van der Waals surface area (Å²) in [7, 11) is 0. The van der Waals surface area contributed by atoms with Gasteiger partial charge in [0.25, 0.3) is 5.97 Å². The summed E-state index contributed by atoms with van der Waals surface area (Å²) in [6.07, 6.45) is 0. The van der Waals surface area contributed by atoms with Crippen LogP contribution in [-0.2, 0) is 48.9 Å². The molecule has 4 bridgehead atoms. The van der Waals surface area contributed by atoms with E-state index >= 15 is 0 Å². The number of para-hydroxylation sites is 2. The first-order chi connectivity index (χ1) is 18.2. The number of hydrogen-bond acceptors (Lipinski definition) is 11. The molecule has 0 saturated heterocycles. The number of carboxylic acids is 2. The number of fused-ring (bicyclic) bond motifs is 4. The van der Waals surface area contributed by atoms with Crippen molar-refractivity contribution < 1.29 is 117 Å². The van der Waals surface area contributed by atoms with E-state index in [-0.39, 0.29) is 79.7 Å². The number of carboxylic acid groups (broad SMARTS) is 2. The standard InChI is InChI=1S/C22H30N2O6.2C2H4O2.Co.K/c25-21-17-3-1-5-19(21)29-13-11-27-9-10-28-12-14-30-20-6-2-4-18(22(20)26)16-24-8-7-23-15-17;2*1-2(3)4;;/h1-6,23-26H,7-16H2;2*1H3,(H,3,4);;/q;;;+2;+1/p-1. The average Bonchev–Trinajstić information content (AvgIpc) is 2.84. The summed E-state index contributed by atoms with van der Waals surface area (Å²) in [6.45, 7) is 6.85. The molecule has 2 aromatic rings. The van der Waals surface area contributed by atoms with E-state index in [1.54, 1.807) is 12.1 Å². The summed E-state index contributed by atoms with van der Waals surface area (Å²) in [5, 5.41) is 43.7. The van der Waals surface area contributed by atoms with Gasteiger partial charge >= 0.3 is 68.2 Å². The van der Waals surface area contributed by atoms with E-state index in [9.17, 15) is 10.2 Å². The Labute approximate surface area is 287 Å². The zero-order valence-corrected chi connectivity index (χ0v) is 27.2. The van der Waals surface area contributed by atoms with Crippen LogP contribution in [-0.4, -0.2) is 80.0 Å². The molecule has 12 nitrogen and oxygen atoms in total. The largest absolute Gasteiger partial charge is 2.00 e. The third-order valence-corrected chi connectivity index (χ3v) is 4.62. The molecule has 1 aliphatic heterocycles. The molecule has 1 heterocycles. The van der Waals surface area contributed by atoms with Gasteiger partial charge in [0.15, 0.2) is 23.0 Å². The summed E-state index contributed by atoms with van der Waals surface area (Å²) in [5.74, 6) is -0.737. The molecule has 14 heteroatoms. The fourth-order valence-electron chi connectivity index (χ4n) is 3.02. The van der Waals surface area contributed by atoms with Gasteiger partial charge in [-0.15, -0.1) is 0 Å². The molecule has 0 spiro atoms. The Bertz CT molecular complexity index is 899. The smallest absolute Gasteiger partial charge is 0.550 e. The van der Waals surface area contributed by atoms with E-state index in [2.05, 4.69) is 10.6 Å². The first-order valence-corrected chi connectivity index (χ1v) is 12.0. The second kappa shape index (κ2) is 25.3. The van der Waals surface area contributed by atoms with Gasteiger partial charge in [0.2, 0.25) is 0 Å². The summed E-state index contributed by atoms with van der Waals surface area (Å²) >= 11 is 0. The maximum Gasteiger partial charge on any atom is 2.00 e. The van der Waals surface area contributed by atoms with Crippen molar-refractivity contribution in [3.8, 4) is 23.0 Å². The van der Waals surface area contributed by atoms with Gasteiger partial charge < -0.3 is 54.8 Å². The van der Waals surface area contributed by atoms with Crippen molar-refractivity contribution in [1.29, 1.82) is 0 Å². The first kappa shape index (κ1) is 40.7. The van der Waals surface area contributed by atoms with Gasteiger partial charge in [-0.25, -0.2) is 0 Å². The van der Waals surface area contributed by atoms with Crippen LogP contribution in [0.15, 0.2) is 36.4 Å². The molecule has 0 amide bonds. The SMILES string of the molecule is CC(=O)O.CC(=O)[O-].Oc1c2cccc1OCCOCCOCCOc1cccc(c1O)CNCCNC2.[Co+2].[K+]. The number of benzene rings is 2. The van der Waals surface area contributed by atoms with Gasteiger partial charge in [-0.1, -0.05) is 24.3 Å². The second-order valence-corrected chi connectivity index (χ2v) is 7.81. The van der Waals surface area contributed by atoms with E-state index in [1.165, 1.54) is 0 Å². The van der Waals surface area contributed by atoms with Crippen LogP contribution in [0.2, 0.25) is 0 Å². The Morgan fingerprint density at radius 1 is 0.750 bits per heavy atom. The van der Waals surface area contributed by atoms with Gasteiger partial charge in [0.05, 0.1) is 26.4 Å². The predicted molar refractivity (Wildman–Crippen MR) is 136 cm³/mol. The van der Waals surface area contributed by atoms with Gasteiger partial charge in [-0.2, -0.15) is 0 Å². The minimum Gasteiger partial charge on any atom is -0.550 e. The Morgan fingerprint density at radius 2 is 1.07 bits per heavy atom. The van der Waals surface area contributed by atoms with Crippen molar-refractivity contribution in [2.75, 3.05) is 52.7 Å². The minimum atomic E-state index is -1.08. The van der Waals surface area contributed by atoms with Crippen molar-refractivity contribution in [2.24, 2.45) is 0 Å². The molecule has 3 rings (SSSR count). The monoisotopic (exact) mass is 635 g/mol. The number of rotatable bonds is 0. The molecule has 0 fully saturated rings. The Morgan fingerprint density at radius 3 is 1.43 bits per heavy atom. The van der Waals surface area contributed by atoms with E-state index < -0.39 is 11.9 Å². The Hall–Kier alpha value is -1.44. The zero-order chi connectivity index (χ0) is 28.2. The van der Waals surface area contributed by atoms with Gasteiger partial charge in [0, 0.05) is 50.2 Å². The van der Waals surface area contributed by atoms with Crippen LogP contribution in [0.5, 0.6) is 23.0 Å². The Kier molecular flexibility index (Phi) is 25.7. The number of ether oxygens (including phenoxy) is 4. The van der Waals surface area contributed by atoms with Crippen LogP contribution in [0.1, 0.15) is 25.0 Å². The number of aromatic hydroxyl groups is 2. The summed E-state index contributed by atoms with van der Waals surface area (Å²) in [4.78, 5) is 17.9. The molecule has 219 valence electrons. The molecular formula is C26H37CoKN2O10+2. The van der Waals surface area contributed by atoms with Crippen LogP contribution in [0.3, 0.4) is 0 Å². The average molecular weight is 636 g/mol. The summed E-state index contributed by atoms with van der Waals surface area (Å²) in [6, 6.07) is 10.9. The first-order valence-electron chi connectivity index (χ1n) is 12.0. The van der Waals surface area contributed by atoms with Gasteiger partial charge in [0.1, 0.15) is 13.2 Å². The fourth-order valence-corrected chi connectivity index (χ4v) is 3.02. The fraction of sp³-hybridized carbons (Fsp3) is 0.462. The molecule has 0 unspecified atom stereocenters. The van der Waals surface area contributed by atoms with E-state index in [4.69, 9.17) is 38.7 Å². The van der Waals surface area contributed by atoms with Crippen molar-refractivity contribution in [3.05, 3.63) is 47.5 Å². The third-order valence-electron chi connectivity index (χ3n) is 4.62. The van der Waals surface area contributed by atoms with E-state index in [1.807, 2.05) is 24.3 Å². The molecule has 0 atom stereocenters. The van der Waals surface area contributed by atoms with Gasteiger partial charge in [-0.3, -0.25) is 4.79 Å². The number of phenolic OH excluding ortho intramolecular Hbond substituents is 2. The van der Waals surface area contributed by atoms with E-state index in [0.29, 0.717) is 77.3 Å².